The average molecular weight is 244 g/mol. The van der Waals surface area contributed by atoms with Crippen molar-refractivity contribution in [2.45, 2.75) is 18.9 Å². The molecule has 0 saturated heterocycles. The minimum atomic E-state index is -0.137. The lowest BCUT2D eigenvalue weighted by molar-refractivity contribution is 0.510. The van der Waals surface area contributed by atoms with E-state index in [1.807, 2.05) is 4.57 Å². The number of nitrogens with zero attached hydrogens (tertiary/aromatic N) is 1. The number of hydrogen-bond acceptors (Lipinski definition) is 2. The molecule has 0 unspecified atom stereocenters. The molecule has 1 aromatic heterocycles. The molecule has 17 heavy (non-hydrogen) atoms. The molecule has 0 saturated carbocycles. The molecule has 0 amide bonds. The van der Waals surface area contributed by atoms with Gasteiger partial charge >= 0.3 is 0 Å². The van der Waals surface area contributed by atoms with E-state index in [0.29, 0.717) is 10.8 Å². The van der Waals surface area contributed by atoms with Crippen LogP contribution in [-0.4, -0.2) is 9.55 Å². The van der Waals surface area contributed by atoms with E-state index in [1.54, 1.807) is 6.20 Å². The SMILES string of the molecule is O=c1ccn(C2Cc3ccccc3C2)c(=S)[nH]1. The maximum Gasteiger partial charge on any atom is 0.251 e. The number of benzene rings is 1. The lowest BCUT2D eigenvalue weighted by Gasteiger charge is -2.13. The van der Waals surface area contributed by atoms with Crippen molar-refractivity contribution in [3.05, 3.63) is 62.8 Å². The van der Waals surface area contributed by atoms with Crippen LogP contribution in [0.15, 0.2) is 41.3 Å². The zero-order valence-electron chi connectivity index (χ0n) is 9.22. The predicted molar refractivity (Wildman–Crippen MR) is 68.8 cm³/mol. The fourth-order valence-electron chi connectivity index (χ4n) is 2.45. The fraction of sp³-hybridized carbons (Fsp3) is 0.231. The monoisotopic (exact) mass is 244 g/mol. The molecule has 3 rings (SSSR count). The normalized spacial score (nSPS) is 14.8. The molecular formula is C13H12N2OS. The van der Waals surface area contributed by atoms with Crippen molar-refractivity contribution < 1.29 is 0 Å². The number of aromatic nitrogens is 2. The standard InChI is InChI=1S/C13H12N2OS/c16-12-5-6-15(13(17)14-12)11-7-9-3-1-2-4-10(9)8-11/h1-6,11H,7-8H2,(H,14,16,17). The summed E-state index contributed by atoms with van der Waals surface area (Å²) in [4.78, 5) is 13.8. The van der Waals surface area contributed by atoms with Crippen LogP contribution >= 0.6 is 12.2 Å². The molecule has 2 aromatic rings. The zero-order chi connectivity index (χ0) is 11.8. The highest BCUT2D eigenvalue weighted by Crippen LogP contribution is 2.29. The second kappa shape index (κ2) is 3.96. The van der Waals surface area contributed by atoms with Crippen molar-refractivity contribution in [2.75, 3.05) is 0 Å². The van der Waals surface area contributed by atoms with Crippen molar-refractivity contribution in [2.24, 2.45) is 0 Å². The van der Waals surface area contributed by atoms with Crippen LogP contribution in [0, 0.1) is 4.77 Å². The second-order valence-electron chi connectivity index (χ2n) is 4.35. The van der Waals surface area contributed by atoms with Gasteiger partial charge in [0.25, 0.3) is 5.56 Å². The maximum absolute atomic E-state index is 11.1. The molecule has 1 N–H and O–H groups in total. The van der Waals surface area contributed by atoms with E-state index < -0.39 is 0 Å². The van der Waals surface area contributed by atoms with E-state index in [0.717, 1.165) is 12.8 Å². The van der Waals surface area contributed by atoms with Gasteiger partial charge < -0.3 is 4.57 Å². The molecule has 0 spiro atoms. The van der Waals surface area contributed by atoms with Crippen molar-refractivity contribution >= 4 is 12.2 Å². The third kappa shape index (κ3) is 1.85. The highest BCUT2D eigenvalue weighted by atomic mass is 32.1. The zero-order valence-corrected chi connectivity index (χ0v) is 10.0. The van der Waals surface area contributed by atoms with Gasteiger partial charge in [0.1, 0.15) is 0 Å². The Balaban J connectivity index is 1.99. The Morgan fingerprint density at radius 1 is 1.18 bits per heavy atom. The number of rotatable bonds is 1. The summed E-state index contributed by atoms with van der Waals surface area (Å²) in [6.45, 7) is 0. The van der Waals surface area contributed by atoms with Crippen LogP contribution in [0.25, 0.3) is 0 Å². The summed E-state index contributed by atoms with van der Waals surface area (Å²) in [5.74, 6) is 0. The second-order valence-corrected chi connectivity index (χ2v) is 4.73. The molecule has 4 heteroatoms. The van der Waals surface area contributed by atoms with Crippen molar-refractivity contribution in [1.29, 1.82) is 0 Å². The Bertz CT molecular complexity index is 646. The van der Waals surface area contributed by atoms with E-state index >= 15 is 0 Å². The Morgan fingerprint density at radius 3 is 2.41 bits per heavy atom. The smallest absolute Gasteiger partial charge is 0.251 e. The topological polar surface area (TPSA) is 37.8 Å². The van der Waals surface area contributed by atoms with Gasteiger partial charge in [-0.1, -0.05) is 24.3 Å². The van der Waals surface area contributed by atoms with Gasteiger partial charge in [-0.3, -0.25) is 9.78 Å². The Hall–Kier alpha value is -1.68. The van der Waals surface area contributed by atoms with E-state index in [9.17, 15) is 4.79 Å². The van der Waals surface area contributed by atoms with Crippen LogP contribution in [0.3, 0.4) is 0 Å². The fourth-order valence-corrected chi connectivity index (χ4v) is 2.76. The average Bonchev–Trinajstić information content (AvgIpc) is 2.72. The summed E-state index contributed by atoms with van der Waals surface area (Å²) >= 11 is 5.19. The first-order chi connectivity index (χ1) is 8.24. The van der Waals surface area contributed by atoms with Crippen LogP contribution in [0.5, 0.6) is 0 Å². The highest BCUT2D eigenvalue weighted by molar-refractivity contribution is 7.71. The molecule has 1 aliphatic carbocycles. The van der Waals surface area contributed by atoms with Crippen LogP contribution < -0.4 is 5.56 Å². The van der Waals surface area contributed by atoms with Crippen molar-refractivity contribution in [3.63, 3.8) is 0 Å². The van der Waals surface area contributed by atoms with Crippen molar-refractivity contribution in [1.82, 2.24) is 9.55 Å². The number of hydrogen-bond donors (Lipinski definition) is 1. The van der Waals surface area contributed by atoms with E-state index in [1.165, 1.54) is 17.2 Å². The molecule has 0 atom stereocenters. The highest BCUT2D eigenvalue weighted by Gasteiger charge is 2.22. The molecule has 1 heterocycles. The van der Waals surface area contributed by atoms with Gasteiger partial charge in [0.15, 0.2) is 4.77 Å². The van der Waals surface area contributed by atoms with Crippen LogP contribution in [0.1, 0.15) is 17.2 Å². The van der Waals surface area contributed by atoms with Crippen LogP contribution in [-0.2, 0) is 12.8 Å². The first kappa shape index (κ1) is 10.5. The van der Waals surface area contributed by atoms with Gasteiger partial charge in [-0.05, 0) is 36.2 Å². The summed E-state index contributed by atoms with van der Waals surface area (Å²) in [7, 11) is 0. The molecule has 1 aliphatic rings. The number of nitrogens with one attached hydrogen (secondary N) is 1. The quantitative estimate of drug-likeness (QED) is 0.781. The number of aromatic amines is 1. The predicted octanol–water partition coefficient (Wildman–Crippen LogP) is 2.25. The molecule has 3 nitrogen and oxygen atoms in total. The third-order valence-corrected chi connectivity index (χ3v) is 3.59. The molecule has 1 aromatic carbocycles. The minimum Gasteiger partial charge on any atom is -0.321 e. The summed E-state index contributed by atoms with van der Waals surface area (Å²) in [5.41, 5.74) is 2.62. The summed E-state index contributed by atoms with van der Waals surface area (Å²) in [6.07, 6.45) is 3.75. The van der Waals surface area contributed by atoms with Gasteiger partial charge in [-0.25, -0.2) is 0 Å². The number of fused-ring (bicyclic) bond motifs is 1. The molecule has 0 fully saturated rings. The van der Waals surface area contributed by atoms with E-state index in [4.69, 9.17) is 12.2 Å². The van der Waals surface area contributed by atoms with Gasteiger partial charge in [0.2, 0.25) is 0 Å². The molecule has 0 radical (unpaired) electrons. The minimum absolute atomic E-state index is 0.137. The Kier molecular flexibility index (Phi) is 2.44. The van der Waals surface area contributed by atoms with Crippen molar-refractivity contribution in [3.8, 4) is 0 Å². The Morgan fingerprint density at radius 2 is 1.82 bits per heavy atom. The van der Waals surface area contributed by atoms with Crippen LogP contribution in [0.4, 0.5) is 0 Å². The molecule has 86 valence electrons. The van der Waals surface area contributed by atoms with Gasteiger partial charge in [-0.2, -0.15) is 0 Å². The largest absolute Gasteiger partial charge is 0.321 e. The lowest BCUT2D eigenvalue weighted by atomic mass is 10.1. The van der Waals surface area contributed by atoms with Crippen LogP contribution in [0.2, 0.25) is 0 Å². The summed E-state index contributed by atoms with van der Waals surface area (Å²) in [5, 5.41) is 0. The molecule has 0 aliphatic heterocycles. The Labute approximate surface area is 104 Å². The van der Waals surface area contributed by atoms with Gasteiger partial charge in [-0.15, -0.1) is 0 Å². The third-order valence-electron chi connectivity index (χ3n) is 3.27. The molecular weight excluding hydrogens is 232 g/mol. The van der Waals surface area contributed by atoms with Gasteiger partial charge in [0.05, 0.1) is 0 Å². The van der Waals surface area contributed by atoms with Gasteiger partial charge in [0, 0.05) is 18.3 Å². The maximum atomic E-state index is 11.1. The molecule has 0 bridgehead atoms. The first-order valence-electron chi connectivity index (χ1n) is 5.62. The summed E-state index contributed by atoms with van der Waals surface area (Å²) < 4.78 is 2.49. The first-order valence-corrected chi connectivity index (χ1v) is 6.03. The number of H-pyrrole nitrogens is 1. The van der Waals surface area contributed by atoms with E-state index in [-0.39, 0.29) is 5.56 Å². The summed E-state index contributed by atoms with van der Waals surface area (Å²) in [6, 6.07) is 10.3. The lowest BCUT2D eigenvalue weighted by Crippen LogP contribution is -2.16. The van der Waals surface area contributed by atoms with E-state index in [2.05, 4.69) is 29.2 Å².